The molecule has 1 aliphatic carbocycles. The Morgan fingerprint density at radius 1 is 1.25 bits per heavy atom. The second kappa shape index (κ2) is 7.67. The van der Waals surface area contributed by atoms with Crippen molar-refractivity contribution in [1.82, 2.24) is 4.72 Å². The zero-order valence-corrected chi connectivity index (χ0v) is 17.3. The highest BCUT2D eigenvalue weighted by Gasteiger charge is 2.22. The number of carbonyl (C=O) groups excluding carboxylic acids is 1. The summed E-state index contributed by atoms with van der Waals surface area (Å²) in [6.45, 7) is 2.88. The Hall–Kier alpha value is -2.19. The van der Waals surface area contributed by atoms with Crippen LogP contribution in [0.2, 0.25) is 0 Å². The summed E-state index contributed by atoms with van der Waals surface area (Å²) in [4.78, 5) is 18.9. The Morgan fingerprint density at radius 3 is 2.89 bits per heavy atom. The Balaban J connectivity index is 1.49. The van der Waals surface area contributed by atoms with Crippen LogP contribution in [0.4, 0.5) is 5.69 Å². The molecule has 1 aromatic heterocycles. The van der Waals surface area contributed by atoms with Crippen LogP contribution in [0.5, 0.6) is 0 Å². The number of rotatable bonds is 4. The van der Waals surface area contributed by atoms with E-state index in [1.807, 2.05) is 6.07 Å². The first-order valence-electron chi connectivity index (χ1n) is 9.50. The molecule has 1 amide bonds. The van der Waals surface area contributed by atoms with Crippen LogP contribution < -0.4 is 10.0 Å². The number of aliphatic imine (C=N–C) groups is 1. The van der Waals surface area contributed by atoms with E-state index in [1.54, 1.807) is 12.1 Å². The van der Waals surface area contributed by atoms with Gasteiger partial charge < -0.3 is 5.32 Å². The molecule has 0 saturated heterocycles. The average molecular weight is 418 g/mol. The maximum atomic E-state index is 12.7. The first kappa shape index (κ1) is 19.1. The summed E-state index contributed by atoms with van der Waals surface area (Å²) in [6.07, 6.45) is 4.70. The molecule has 8 heteroatoms. The van der Waals surface area contributed by atoms with Crippen LogP contribution in [-0.4, -0.2) is 26.7 Å². The van der Waals surface area contributed by atoms with Crippen molar-refractivity contribution in [2.75, 3.05) is 11.9 Å². The number of nitrogens with zero attached hydrogens (tertiary/aromatic N) is 1. The Morgan fingerprint density at radius 2 is 2.11 bits per heavy atom. The van der Waals surface area contributed by atoms with Gasteiger partial charge in [0.2, 0.25) is 0 Å². The molecule has 28 heavy (non-hydrogen) atoms. The van der Waals surface area contributed by atoms with E-state index in [0.29, 0.717) is 35.3 Å². The molecular weight excluding hydrogens is 394 g/mol. The molecule has 2 aliphatic rings. The Labute approximate surface area is 169 Å². The topological polar surface area (TPSA) is 87.6 Å². The number of aryl methyl sites for hydroxylation is 1. The SMILES string of the molecule is CC1CCc2sc(C(=O)Nc3cccc(S(=O)(=O)NC4=NCCC4)c3)cc2C1. The quantitative estimate of drug-likeness (QED) is 0.797. The van der Waals surface area contributed by atoms with Crippen LogP contribution in [0.1, 0.15) is 46.3 Å². The van der Waals surface area contributed by atoms with Gasteiger partial charge in [0.1, 0.15) is 5.84 Å². The van der Waals surface area contributed by atoms with Crippen molar-refractivity contribution in [2.24, 2.45) is 10.9 Å². The number of carbonyl (C=O) groups is 1. The van der Waals surface area contributed by atoms with Gasteiger partial charge >= 0.3 is 0 Å². The number of anilines is 1. The van der Waals surface area contributed by atoms with Crippen LogP contribution >= 0.6 is 11.3 Å². The number of hydrogen-bond acceptors (Lipinski definition) is 5. The lowest BCUT2D eigenvalue weighted by atomic mass is 9.90. The standard InChI is InChI=1S/C20H23N3O3S2/c1-13-7-8-17-14(10-13)11-18(27-17)20(24)22-15-4-2-5-16(12-15)28(25,26)23-19-6-3-9-21-19/h2,4-5,11-13H,3,6-10H2,1H3,(H,21,23)(H,22,24). The zero-order chi connectivity index (χ0) is 19.7. The zero-order valence-electron chi connectivity index (χ0n) is 15.7. The van der Waals surface area contributed by atoms with Gasteiger partial charge in [-0.3, -0.25) is 14.5 Å². The highest BCUT2D eigenvalue weighted by Crippen LogP contribution is 2.32. The lowest BCUT2D eigenvalue weighted by molar-refractivity contribution is 0.103. The fourth-order valence-corrected chi connectivity index (χ4v) is 5.83. The molecule has 0 saturated carbocycles. The number of sulfonamides is 1. The molecule has 1 atom stereocenters. The summed E-state index contributed by atoms with van der Waals surface area (Å²) in [5, 5.41) is 2.83. The van der Waals surface area contributed by atoms with Crippen LogP contribution in [0, 0.1) is 5.92 Å². The third-order valence-electron chi connectivity index (χ3n) is 5.08. The van der Waals surface area contributed by atoms with Crippen molar-refractivity contribution in [3.8, 4) is 0 Å². The number of nitrogens with one attached hydrogen (secondary N) is 2. The summed E-state index contributed by atoms with van der Waals surface area (Å²) in [7, 11) is -3.70. The van der Waals surface area contributed by atoms with Crippen molar-refractivity contribution in [3.63, 3.8) is 0 Å². The fourth-order valence-electron chi connectivity index (χ4n) is 3.59. The smallest absolute Gasteiger partial charge is 0.265 e. The molecule has 2 N–H and O–H groups in total. The molecule has 1 aromatic carbocycles. The largest absolute Gasteiger partial charge is 0.321 e. The minimum atomic E-state index is -3.70. The second-order valence-corrected chi connectivity index (χ2v) is 10.2. The van der Waals surface area contributed by atoms with Gasteiger partial charge in [0.15, 0.2) is 0 Å². The van der Waals surface area contributed by atoms with E-state index in [9.17, 15) is 13.2 Å². The van der Waals surface area contributed by atoms with E-state index in [-0.39, 0.29) is 10.8 Å². The van der Waals surface area contributed by atoms with E-state index in [0.717, 1.165) is 25.7 Å². The lowest BCUT2D eigenvalue weighted by Gasteiger charge is -2.16. The van der Waals surface area contributed by atoms with Gasteiger partial charge in [0, 0.05) is 23.5 Å². The fraction of sp³-hybridized carbons (Fsp3) is 0.400. The van der Waals surface area contributed by atoms with Crippen LogP contribution in [0.3, 0.4) is 0 Å². The highest BCUT2D eigenvalue weighted by atomic mass is 32.2. The van der Waals surface area contributed by atoms with Crippen molar-refractivity contribution < 1.29 is 13.2 Å². The first-order chi connectivity index (χ1) is 13.4. The lowest BCUT2D eigenvalue weighted by Crippen LogP contribution is -2.29. The highest BCUT2D eigenvalue weighted by molar-refractivity contribution is 7.90. The normalized spacial score (nSPS) is 19.0. The van der Waals surface area contributed by atoms with Crippen molar-refractivity contribution in [1.29, 1.82) is 0 Å². The number of amidine groups is 1. The number of hydrogen-bond donors (Lipinski definition) is 2. The minimum Gasteiger partial charge on any atom is -0.321 e. The van der Waals surface area contributed by atoms with Crippen LogP contribution in [0.25, 0.3) is 0 Å². The Kier molecular flexibility index (Phi) is 5.25. The van der Waals surface area contributed by atoms with E-state index in [4.69, 9.17) is 0 Å². The molecule has 2 heterocycles. The third-order valence-corrected chi connectivity index (χ3v) is 7.70. The molecule has 1 aliphatic heterocycles. The first-order valence-corrected chi connectivity index (χ1v) is 11.8. The van der Waals surface area contributed by atoms with Gasteiger partial charge in [-0.25, -0.2) is 8.42 Å². The van der Waals surface area contributed by atoms with Crippen molar-refractivity contribution in [3.05, 3.63) is 45.6 Å². The predicted molar refractivity (Wildman–Crippen MR) is 112 cm³/mol. The summed E-state index contributed by atoms with van der Waals surface area (Å²) in [5.74, 6) is 0.944. The molecule has 0 radical (unpaired) electrons. The summed E-state index contributed by atoms with van der Waals surface area (Å²) < 4.78 is 27.6. The van der Waals surface area contributed by atoms with E-state index in [2.05, 4.69) is 22.0 Å². The monoisotopic (exact) mass is 417 g/mol. The van der Waals surface area contributed by atoms with E-state index < -0.39 is 10.0 Å². The maximum Gasteiger partial charge on any atom is 0.265 e. The third kappa shape index (κ3) is 4.12. The maximum absolute atomic E-state index is 12.7. The molecule has 2 aromatic rings. The molecule has 0 spiro atoms. The van der Waals surface area contributed by atoms with Crippen LogP contribution in [-0.2, 0) is 22.9 Å². The van der Waals surface area contributed by atoms with E-state index >= 15 is 0 Å². The van der Waals surface area contributed by atoms with Gasteiger partial charge in [-0.15, -0.1) is 11.3 Å². The molecule has 1 unspecified atom stereocenters. The molecule has 0 fully saturated rings. The molecule has 148 valence electrons. The summed E-state index contributed by atoms with van der Waals surface area (Å²) >= 11 is 1.54. The number of thiophene rings is 1. The molecular formula is C20H23N3O3S2. The number of benzene rings is 1. The molecule has 0 bridgehead atoms. The average Bonchev–Trinajstić information content (AvgIpc) is 3.30. The molecule has 6 nitrogen and oxygen atoms in total. The predicted octanol–water partition coefficient (Wildman–Crippen LogP) is 3.60. The van der Waals surface area contributed by atoms with Gasteiger partial charge in [0.05, 0.1) is 9.77 Å². The van der Waals surface area contributed by atoms with Gasteiger partial charge in [0.25, 0.3) is 15.9 Å². The van der Waals surface area contributed by atoms with Crippen LogP contribution in [0.15, 0.2) is 40.2 Å². The van der Waals surface area contributed by atoms with Gasteiger partial charge in [-0.05, 0) is 61.4 Å². The number of amides is 1. The Bertz CT molecular complexity index is 1040. The number of fused-ring (bicyclic) bond motifs is 1. The van der Waals surface area contributed by atoms with Crippen molar-refractivity contribution >= 4 is 38.8 Å². The molecule has 4 rings (SSSR count). The minimum absolute atomic E-state index is 0.110. The van der Waals surface area contributed by atoms with Crippen molar-refractivity contribution in [2.45, 2.75) is 43.9 Å². The second-order valence-electron chi connectivity index (χ2n) is 7.43. The summed E-state index contributed by atoms with van der Waals surface area (Å²) in [6, 6.07) is 8.29. The van der Waals surface area contributed by atoms with E-state index in [1.165, 1.54) is 33.9 Å². The van der Waals surface area contributed by atoms with Gasteiger partial charge in [-0.1, -0.05) is 13.0 Å². The van der Waals surface area contributed by atoms with Gasteiger partial charge in [-0.2, -0.15) is 0 Å². The summed E-state index contributed by atoms with van der Waals surface area (Å²) in [5.41, 5.74) is 1.73.